The van der Waals surface area contributed by atoms with Gasteiger partial charge in [-0.05, 0) is 43.3 Å². The molecule has 0 aliphatic carbocycles. The summed E-state index contributed by atoms with van der Waals surface area (Å²) < 4.78 is 14.0. The highest BCUT2D eigenvalue weighted by Gasteiger charge is 2.21. The Bertz CT molecular complexity index is 963. The van der Waals surface area contributed by atoms with Crippen molar-refractivity contribution >= 4 is 46.6 Å². The molecule has 3 rings (SSSR count). The third-order valence-electron chi connectivity index (χ3n) is 4.96. The van der Waals surface area contributed by atoms with Gasteiger partial charge < -0.3 is 15.1 Å². The summed E-state index contributed by atoms with van der Waals surface area (Å²) in [5, 5.41) is 3.28. The molecule has 0 unspecified atom stereocenters. The summed E-state index contributed by atoms with van der Waals surface area (Å²) in [5.41, 5.74) is 1.35. The van der Waals surface area contributed by atoms with Crippen molar-refractivity contribution in [2.75, 3.05) is 43.4 Å². The molecule has 0 spiro atoms. The molecule has 6 nitrogen and oxygen atoms in total. The number of hydrogen-bond acceptors (Lipinski definition) is 5. The molecular formula is C22H23ClFN3O3S. The first-order chi connectivity index (χ1) is 14.8. The van der Waals surface area contributed by atoms with Crippen molar-refractivity contribution in [1.29, 1.82) is 0 Å². The Hall–Kier alpha value is -2.58. The van der Waals surface area contributed by atoms with Gasteiger partial charge in [-0.3, -0.25) is 14.4 Å². The predicted octanol–water partition coefficient (Wildman–Crippen LogP) is 3.24. The molecule has 31 heavy (non-hydrogen) atoms. The average molecular weight is 464 g/mol. The number of piperazine rings is 1. The van der Waals surface area contributed by atoms with Gasteiger partial charge in [0.05, 0.1) is 12.3 Å². The number of anilines is 1. The van der Waals surface area contributed by atoms with Gasteiger partial charge in [-0.2, -0.15) is 0 Å². The second kappa shape index (κ2) is 10.6. The number of carbonyl (C=O) groups excluding carboxylic acids is 3. The summed E-state index contributed by atoms with van der Waals surface area (Å²) >= 11 is 6.94. The average Bonchev–Trinajstić information content (AvgIpc) is 2.77. The van der Waals surface area contributed by atoms with Gasteiger partial charge in [-0.15, -0.1) is 11.8 Å². The quantitative estimate of drug-likeness (QED) is 0.504. The van der Waals surface area contributed by atoms with Crippen molar-refractivity contribution < 1.29 is 18.8 Å². The largest absolute Gasteiger partial charge is 0.368 e. The number of nitrogens with zero attached hydrogens (tertiary/aromatic N) is 2. The molecule has 1 heterocycles. The van der Waals surface area contributed by atoms with Crippen molar-refractivity contribution in [3.05, 3.63) is 58.9 Å². The number of carbonyl (C=O) groups is 3. The molecule has 0 saturated carbocycles. The SMILES string of the molecule is CC(=O)c1ccc(SCC(=O)NCC(=O)N2CCN(c3ccc(Cl)cc3)CC2)c(F)c1. The van der Waals surface area contributed by atoms with E-state index < -0.39 is 5.82 Å². The molecule has 2 aromatic carbocycles. The second-order valence-corrected chi connectivity index (χ2v) is 8.56. The van der Waals surface area contributed by atoms with Crippen molar-refractivity contribution in [1.82, 2.24) is 10.2 Å². The van der Waals surface area contributed by atoms with E-state index in [1.54, 1.807) is 4.90 Å². The van der Waals surface area contributed by atoms with Crippen LogP contribution in [0.4, 0.5) is 10.1 Å². The molecule has 1 saturated heterocycles. The van der Waals surface area contributed by atoms with Crippen molar-refractivity contribution in [3.63, 3.8) is 0 Å². The summed E-state index contributed by atoms with van der Waals surface area (Å²) in [6, 6.07) is 11.8. The first-order valence-electron chi connectivity index (χ1n) is 9.82. The van der Waals surface area contributed by atoms with E-state index >= 15 is 0 Å². The van der Waals surface area contributed by atoms with Gasteiger partial charge in [0.25, 0.3) is 0 Å². The molecular weight excluding hydrogens is 441 g/mol. The summed E-state index contributed by atoms with van der Waals surface area (Å²) in [5.74, 6) is -1.28. The lowest BCUT2D eigenvalue weighted by molar-refractivity contribution is -0.132. The summed E-state index contributed by atoms with van der Waals surface area (Å²) in [6.45, 7) is 3.81. The molecule has 0 bridgehead atoms. The lowest BCUT2D eigenvalue weighted by Crippen LogP contribution is -2.51. The second-order valence-electron chi connectivity index (χ2n) is 7.11. The first-order valence-corrected chi connectivity index (χ1v) is 11.2. The third-order valence-corrected chi connectivity index (χ3v) is 6.26. The van der Waals surface area contributed by atoms with Crippen LogP contribution in [-0.2, 0) is 9.59 Å². The zero-order valence-electron chi connectivity index (χ0n) is 17.1. The van der Waals surface area contributed by atoms with E-state index in [4.69, 9.17) is 11.6 Å². The van der Waals surface area contributed by atoms with E-state index in [0.29, 0.717) is 31.2 Å². The van der Waals surface area contributed by atoms with Crippen LogP contribution in [0.1, 0.15) is 17.3 Å². The zero-order chi connectivity index (χ0) is 22.4. The van der Waals surface area contributed by atoms with Gasteiger partial charge in [0.2, 0.25) is 11.8 Å². The minimum absolute atomic E-state index is 0.0199. The predicted molar refractivity (Wildman–Crippen MR) is 120 cm³/mol. The number of nitrogens with one attached hydrogen (secondary N) is 1. The van der Waals surface area contributed by atoms with Crippen molar-refractivity contribution in [2.24, 2.45) is 0 Å². The van der Waals surface area contributed by atoms with Crippen LogP contribution in [0.5, 0.6) is 0 Å². The molecule has 2 aromatic rings. The monoisotopic (exact) mass is 463 g/mol. The van der Waals surface area contributed by atoms with Crippen LogP contribution in [0.15, 0.2) is 47.4 Å². The zero-order valence-corrected chi connectivity index (χ0v) is 18.6. The maximum absolute atomic E-state index is 14.0. The number of halogens is 2. The Morgan fingerprint density at radius 1 is 1.06 bits per heavy atom. The maximum Gasteiger partial charge on any atom is 0.242 e. The number of rotatable bonds is 7. The lowest BCUT2D eigenvalue weighted by atomic mass is 10.1. The molecule has 1 fully saturated rings. The highest BCUT2D eigenvalue weighted by atomic mass is 35.5. The summed E-state index contributed by atoms with van der Waals surface area (Å²) in [4.78, 5) is 39.9. The van der Waals surface area contributed by atoms with E-state index in [9.17, 15) is 18.8 Å². The molecule has 9 heteroatoms. The molecule has 0 radical (unpaired) electrons. The Balaban J connectivity index is 1.40. The minimum Gasteiger partial charge on any atom is -0.368 e. The van der Waals surface area contributed by atoms with Crippen LogP contribution in [0.3, 0.4) is 0 Å². The minimum atomic E-state index is -0.542. The van der Waals surface area contributed by atoms with Gasteiger partial charge in [0, 0.05) is 47.3 Å². The Morgan fingerprint density at radius 2 is 1.74 bits per heavy atom. The van der Waals surface area contributed by atoms with E-state index in [-0.39, 0.29) is 40.4 Å². The van der Waals surface area contributed by atoms with Crippen molar-refractivity contribution in [2.45, 2.75) is 11.8 Å². The number of thioether (sulfide) groups is 1. The van der Waals surface area contributed by atoms with Crippen LogP contribution in [0, 0.1) is 5.82 Å². The first kappa shape index (κ1) is 23.1. The van der Waals surface area contributed by atoms with Crippen LogP contribution in [0.2, 0.25) is 5.02 Å². The molecule has 0 atom stereocenters. The van der Waals surface area contributed by atoms with Crippen LogP contribution >= 0.6 is 23.4 Å². The molecule has 1 aliphatic heterocycles. The number of hydrogen-bond donors (Lipinski definition) is 1. The fourth-order valence-corrected chi connectivity index (χ4v) is 4.06. The van der Waals surface area contributed by atoms with E-state index in [1.165, 1.54) is 19.1 Å². The highest BCUT2D eigenvalue weighted by Crippen LogP contribution is 2.23. The fourth-order valence-electron chi connectivity index (χ4n) is 3.18. The van der Waals surface area contributed by atoms with Gasteiger partial charge in [-0.25, -0.2) is 4.39 Å². The lowest BCUT2D eigenvalue weighted by Gasteiger charge is -2.36. The summed E-state index contributed by atoms with van der Waals surface area (Å²) in [7, 11) is 0. The van der Waals surface area contributed by atoms with E-state index in [1.807, 2.05) is 24.3 Å². The normalized spacial score (nSPS) is 13.8. The van der Waals surface area contributed by atoms with E-state index in [0.717, 1.165) is 23.5 Å². The van der Waals surface area contributed by atoms with Gasteiger partial charge in [-0.1, -0.05) is 17.7 Å². The van der Waals surface area contributed by atoms with Crippen LogP contribution < -0.4 is 10.2 Å². The third kappa shape index (κ3) is 6.45. The molecule has 1 aliphatic rings. The highest BCUT2D eigenvalue weighted by molar-refractivity contribution is 8.00. The molecule has 2 amide bonds. The van der Waals surface area contributed by atoms with Gasteiger partial charge in [0.15, 0.2) is 5.78 Å². The molecule has 164 valence electrons. The van der Waals surface area contributed by atoms with Gasteiger partial charge >= 0.3 is 0 Å². The van der Waals surface area contributed by atoms with Crippen LogP contribution in [0.25, 0.3) is 0 Å². The Kier molecular flexibility index (Phi) is 7.92. The van der Waals surface area contributed by atoms with E-state index in [2.05, 4.69) is 10.2 Å². The number of ketones is 1. The molecule has 0 aromatic heterocycles. The Labute approximate surface area is 189 Å². The summed E-state index contributed by atoms with van der Waals surface area (Å²) in [6.07, 6.45) is 0. The number of Topliss-reactive ketones (excluding diaryl/α,β-unsaturated/α-hetero) is 1. The maximum atomic E-state index is 14.0. The number of benzene rings is 2. The van der Waals surface area contributed by atoms with Crippen LogP contribution in [-0.4, -0.2) is 61.0 Å². The smallest absolute Gasteiger partial charge is 0.242 e. The topological polar surface area (TPSA) is 69.7 Å². The Morgan fingerprint density at radius 3 is 2.35 bits per heavy atom. The standard InChI is InChI=1S/C22H23ClFN3O3S/c1-15(28)16-2-7-20(19(24)12-16)31-14-21(29)25-13-22(30)27-10-8-26(9-11-27)18-5-3-17(23)4-6-18/h2-7,12H,8-11,13-14H2,1H3,(H,25,29). The number of amides is 2. The molecule has 1 N–H and O–H groups in total. The van der Waals surface area contributed by atoms with Gasteiger partial charge in [0.1, 0.15) is 5.82 Å². The van der Waals surface area contributed by atoms with Crippen molar-refractivity contribution in [3.8, 4) is 0 Å². The fraction of sp³-hybridized carbons (Fsp3) is 0.318.